The minimum atomic E-state index is -0.754. The molecule has 1 amide bonds. The lowest BCUT2D eigenvalue weighted by atomic mass is 10.0. The van der Waals surface area contributed by atoms with Crippen molar-refractivity contribution < 1.29 is 9.90 Å². The number of likely N-dealkylation sites (N-methyl/N-ethyl adjacent to an activating group) is 1. The highest BCUT2D eigenvalue weighted by Crippen LogP contribution is 2.30. The van der Waals surface area contributed by atoms with Crippen molar-refractivity contribution >= 4 is 33.4 Å². The predicted molar refractivity (Wildman–Crippen MR) is 77.3 cm³/mol. The van der Waals surface area contributed by atoms with E-state index in [9.17, 15) is 9.90 Å². The first-order valence-corrected chi connectivity index (χ1v) is 7.37. The summed E-state index contributed by atoms with van der Waals surface area (Å²) in [6.45, 7) is 0.328. The van der Waals surface area contributed by atoms with Crippen molar-refractivity contribution in [3.05, 3.63) is 27.5 Å². The molecule has 0 radical (unpaired) electrons. The topological polar surface area (TPSA) is 53.4 Å². The largest absolute Gasteiger partial charge is 0.388 e. The maximum Gasteiger partial charge on any atom is 0.256 e. The molecular formula is C13H16BrClN2O2. The number of carbonyl (C=O) groups excluding carboxylic acids is 1. The summed E-state index contributed by atoms with van der Waals surface area (Å²) in [5, 5.41) is 10.5. The summed E-state index contributed by atoms with van der Waals surface area (Å²) in [4.78, 5) is 17.8. The quantitative estimate of drug-likeness (QED) is 0.855. The molecule has 2 rings (SSSR count). The highest BCUT2D eigenvalue weighted by Gasteiger charge is 2.34. The first-order valence-electron chi connectivity index (χ1n) is 6.20. The van der Waals surface area contributed by atoms with Gasteiger partial charge in [-0.1, -0.05) is 24.4 Å². The maximum absolute atomic E-state index is 12.3. The van der Waals surface area contributed by atoms with Crippen LogP contribution in [0.4, 0.5) is 0 Å². The zero-order valence-corrected chi connectivity index (χ0v) is 13.0. The number of aromatic nitrogens is 1. The molecule has 4 nitrogen and oxygen atoms in total. The molecule has 1 aromatic rings. The van der Waals surface area contributed by atoms with E-state index in [-0.39, 0.29) is 11.1 Å². The monoisotopic (exact) mass is 346 g/mol. The third kappa shape index (κ3) is 3.46. The van der Waals surface area contributed by atoms with Gasteiger partial charge < -0.3 is 10.0 Å². The second kappa shape index (κ2) is 5.77. The summed E-state index contributed by atoms with van der Waals surface area (Å²) in [7, 11) is 1.68. The highest BCUT2D eigenvalue weighted by atomic mass is 79.9. The number of rotatable bonds is 3. The Labute approximate surface area is 125 Å². The number of carbonyl (C=O) groups is 1. The molecule has 0 atom stereocenters. The zero-order valence-electron chi connectivity index (χ0n) is 10.7. The molecule has 1 aliphatic rings. The highest BCUT2D eigenvalue weighted by molar-refractivity contribution is 9.10. The normalized spacial score (nSPS) is 17.5. The third-order valence-corrected chi connectivity index (χ3v) is 4.18. The van der Waals surface area contributed by atoms with Crippen LogP contribution in [0.3, 0.4) is 0 Å². The van der Waals surface area contributed by atoms with Gasteiger partial charge >= 0.3 is 0 Å². The number of aliphatic hydroxyl groups is 1. The van der Waals surface area contributed by atoms with Gasteiger partial charge in [-0.25, -0.2) is 4.98 Å². The van der Waals surface area contributed by atoms with Crippen LogP contribution >= 0.6 is 27.5 Å². The van der Waals surface area contributed by atoms with E-state index in [2.05, 4.69) is 20.9 Å². The lowest BCUT2D eigenvalue weighted by Crippen LogP contribution is -2.42. The molecule has 1 aromatic heterocycles. The number of pyridine rings is 1. The van der Waals surface area contributed by atoms with E-state index in [4.69, 9.17) is 11.6 Å². The fraction of sp³-hybridized carbons (Fsp3) is 0.538. The van der Waals surface area contributed by atoms with Gasteiger partial charge in [0.2, 0.25) is 0 Å². The van der Waals surface area contributed by atoms with E-state index in [1.165, 1.54) is 4.90 Å². The van der Waals surface area contributed by atoms with Crippen LogP contribution in [0.2, 0.25) is 5.15 Å². The lowest BCUT2D eigenvalue weighted by Gasteiger charge is -2.28. The second-order valence-electron chi connectivity index (χ2n) is 5.08. The first-order chi connectivity index (χ1) is 8.91. The molecule has 6 heteroatoms. The minimum absolute atomic E-state index is 0.179. The van der Waals surface area contributed by atoms with Crippen LogP contribution in [0.15, 0.2) is 16.7 Å². The first kappa shape index (κ1) is 14.8. The van der Waals surface area contributed by atoms with Gasteiger partial charge in [0.05, 0.1) is 11.2 Å². The summed E-state index contributed by atoms with van der Waals surface area (Å²) in [6.07, 6.45) is 5.06. The molecule has 1 heterocycles. The number of halogens is 2. The van der Waals surface area contributed by atoms with Gasteiger partial charge in [0.1, 0.15) is 5.15 Å². The van der Waals surface area contributed by atoms with Crippen LogP contribution in [-0.4, -0.2) is 40.1 Å². The van der Waals surface area contributed by atoms with E-state index in [1.54, 1.807) is 19.3 Å². The summed E-state index contributed by atoms with van der Waals surface area (Å²) < 4.78 is 0.702. The standard InChI is InChI=1S/C13H16BrClN2O2/c1-17(8-13(19)4-2-3-5-13)12(18)10-6-9(14)7-16-11(10)15/h6-7,19H,2-5,8H2,1H3. The van der Waals surface area contributed by atoms with E-state index in [0.29, 0.717) is 16.6 Å². The van der Waals surface area contributed by atoms with Crippen LogP contribution in [0.1, 0.15) is 36.0 Å². The molecule has 19 heavy (non-hydrogen) atoms. The van der Waals surface area contributed by atoms with E-state index < -0.39 is 5.60 Å². The van der Waals surface area contributed by atoms with Gasteiger partial charge in [-0.05, 0) is 34.8 Å². The molecule has 1 aliphatic carbocycles. The summed E-state index contributed by atoms with van der Waals surface area (Å²) in [5.41, 5.74) is -0.406. The third-order valence-electron chi connectivity index (χ3n) is 3.45. The second-order valence-corrected chi connectivity index (χ2v) is 6.36. The number of hydrogen-bond acceptors (Lipinski definition) is 3. The van der Waals surface area contributed by atoms with Gasteiger partial charge in [-0.15, -0.1) is 0 Å². The van der Waals surface area contributed by atoms with Gasteiger partial charge in [0.15, 0.2) is 0 Å². The van der Waals surface area contributed by atoms with Crippen molar-refractivity contribution in [2.75, 3.05) is 13.6 Å². The number of nitrogens with zero attached hydrogens (tertiary/aromatic N) is 2. The average molecular weight is 348 g/mol. The van der Waals surface area contributed by atoms with Crippen molar-refractivity contribution in [1.82, 2.24) is 9.88 Å². The molecule has 1 fully saturated rings. The van der Waals surface area contributed by atoms with Gasteiger partial charge in [0.25, 0.3) is 5.91 Å². The SMILES string of the molecule is CN(CC1(O)CCCC1)C(=O)c1cc(Br)cnc1Cl. The summed E-state index contributed by atoms with van der Waals surface area (Å²) in [5.74, 6) is -0.223. The van der Waals surface area contributed by atoms with Gasteiger partial charge in [0, 0.05) is 24.3 Å². The molecule has 1 saturated carbocycles. The van der Waals surface area contributed by atoms with Gasteiger partial charge in [-0.3, -0.25) is 4.79 Å². The number of hydrogen-bond donors (Lipinski definition) is 1. The van der Waals surface area contributed by atoms with E-state index in [1.807, 2.05) is 0 Å². The van der Waals surface area contributed by atoms with Crippen LogP contribution in [0.25, 0.3) is 0 Å². The molecule has 0 saturated heterocycles. The Balaban J connectivity index is 2.12. The zero-order chi connectivity index (χ0) is 14.0. The predicted octanol–water partition coefficient (Wildman–Crippen LogP) is 2.87. The molecule has 1 N–H and O–H groups in total. The van der Waals surface area contributed by atoms with Crippen LogP contribution < -0.4 is 0 Å². The Bertz CT molecular complexity index is 490. The van der Waals surface area contributed by atoms with Crippen molar-refractivity contribution in [2.45, 2.75) is 31.3 Å². The molecule has 104 valence electrons. The molecular weight excluding hydrogens is 332 g/mol. The van der Waals surface area contributed by atoms with Crippen LogP contribution in [-0.2, 0) is 0 Å². The Hall–Kier alpha value is -0.650. The summed E-state index contributed by atoms with van der Waals surface area (Å²) >= 11 is 9.22. The average Bonchev–Trinajstić information content (AvgIpc) is 2.78. The number of amides is 1. The molecule has 0 unspecified atom stereocenters. The fourth-order valence-electron chi connectivity index (χ4n) is 2.48. The van der Waals surface area contributed by atoms with E-state index >= 15 is 0 Å². The Morgan fingerprint density at radius 2 is 2.21 bits per heavy atom. The van der Waals surface area contributed by atoms with E-state index in [0.717, 1.165) is 25.7 Å². The smallest absolute Gasteiger partial charge is 0.256 e. The Kier molecular flexibility index (Phi) is 4.48. The minimum Gasteiger partial charge on any atom is -0.388 e. The van der Waals surface area contributed by atoms with Crippen molar-refractivity contribution in [1.29, 1.82) is 0 Å². The van der Waals surface area contributed by atoms with Crippen molar-refractivity contribution in [3.8, 4) is 0 Å². The molecule has 0 aliphatic heterocycles. The fourth-order valence-corrected chi connectivity index (χ4v) is 3.00. The van der Waals surface area contributed by atoms with Crippen LogP contribution in [0, 0.1) is 0 Å². The van der Waals surface area contributed by atoms with Crippen LogP contribution in [0.5, 0.6) is 0 Å². The maximum atomic E-state index is 12.3. The van der Waals surface area contributed by atoms with Crippen molar-refractivity contribution in [2.24, 2.45) is 0 Å². The Morgan fingerprint density at radius 1 is 1.58 bits per heavy atom. The van der Waals surface area contributed by atoms with Gasteiger partial charge in [-0.2, -0.15) is 0 Å². The molecule has 0 bridgehead atoms. The molecule has 0 spiro atoms. The van der Waals surface area contributed by atoms with Crippen molar-refractivity contribution in [3.63, 3.8) is 0 Å². The molecule has 0 aromatic carbocycles. The Morgan fingerprint density at radius 3 is 2.84 bits per heavy atom. The summed E-state index contributed by atoms with van der Waals surface area (Å²) in [6, 6.07) is 1.65. The lowest BCUT2D eigenvalue weighted by molar-refractivity contribution is 0.0156.